The summed E-state index contributed by atoms with van der Waals surface area (Å²) in [5, 5.41) is 9.62. The molecule has 2 heterocycles. The highest BCUT2D eigenvalue weighted by Gasteiger charge is 2.54. The van der Waals surface area contributed by atoms with Crippen LogP contribution < -0.4 is 0 Å². The molecule has 4 nitrogen and oxygen atoms in total. The first kappa shape index (κ1) is 17.4. The van der Waals surface area contributed by atoms with Gasteiger partial charge in [0.15, 0.2) is 0 Å². The second-order valence-electron chi connectivity index (χ2n) is 7.89. The highest BCUT2D eigenvalue weighted by Crippen LogP contribution is 2.45. The molecule has 3 rings (SSSR count). The van der Waals surface area contributed by atoms with Crippen molar-refractivity contribution in [3.8, 4) is 0 Å². The first-order valence-corrected chi connectivity index (χ1v) is 9.18. The van der Waals surface area contributed by atoms with Gasteiger partial charge < -0.3 is 14.3 Å². The number of hydrogen-bond donors (Lipinski definition) is 1. The highest BCUT2D eigenvalue weighted by atomic mass is 16.6. The molecule has 2 aliphatic rings. The van der Waals surface area contributed by atoms with E-state index in [2.05, 4.69) is 20.9 Å². The fourth-order valence-corrected chi connectivity index (χ4v) is 4.83. The van der Waals surface area contributed by atoms with E-state index in [9.17, 15) is 9.90 Å². The molecule has 24 heavy (non-hydrogen) atoms. The van der Waals surface area contributed by atoms with Crippen molar-refractivity contribution in [2.45, 2.75) is 63.8 Å². The molecule has 0 radical (unpaired) electrons. The van der Waals surface area contributed by atoms with Crippen LogP contribution >= 0.6 is 0 Å². The lowest BCUT2D eigenvalue weighted by molar-refractivity contribution is -0.968. The Hall–Kier alpha value is -1.39. The number of fused-ring (bicyclic) bond motifs is 2. The van der Waals surface area contributed by atoms with Crippen molar-refractivity contribution in [1.82, 2.24) is 0 Å². The summed E-state index contributed by atoms with van der Waals surface area (Å²) in [6.45, 7) is 4.41. The summed E-state index contributed by atoms with van der Waals surface area (Å²) in [4.78, 5) is 12.7. The van der Waals surface area contributed by atoms with Gasteiger partial charge in [0.25, 0.3) is 0 Å². The largest absolute Gasteiger partial charge is 0.455 e. The predicted molar refractivity (Wildman–Crippen MR) is 93.2 cm³/mol. The zero-order valence-corrected chi connectivity index (χ0v) is 15.0. The molecule has 4 heteroatoms. The van der Waals surface area contributed by atoms with Gasteiger partial charge >= 0.3 is 5.97 Å². The topological polar surface area (TPSA) is 46.5 Å². The first-order chi connectivity index (χ1) is 11.5. The van der Waals surface area contributed by atoms with E-state index in [4.69, 9.17) is 4.74 Å². The second kappa shape index (κ2) is 6.85. The maximum Gasteiger partial charge on any atom is 0.310 e. The van der Waals surface area contributed by atoms with E-state index in [0.29, 0.717) is 18.1 Å². The molecular formula is C20H30NO3+. The predicted octanol–water partition coefficient (Wildman–Crippen LogP) is 3.06. The monoisotopic (exact) mass is 332 g/mol. The van der Waals surface area contributed by atoms with E-state index in [1.165, 1.54) is 12.8 Å². The molecular weight excluding hydrogens is 302 g/mol. The van der Waals surface area contributed by atoms with Crippen molar-refractivity contribution in [3.63, 3.8) is 0 Å². The minimum Gasteiger partial charge on any atom is -0.455 e. The number of esters is 1. The van der Waals surface area contributed by atoms with E-state index in [0.717, 1.165) is 22.9 Å². The Morgan fingerprint density at radius 2 is 1.79 bits per heavy atom. The molecule has 132 valence electrons. The summed E-state index contributed by atoms with van der Waals surface area (Å²) in [6.07, 6.45) is 3.70. The molecule has 3 unspecified atom stereocenters. The fourth-order valence-electron chi connectivity index (χ4n) is 4.83. The van der Waals surface area contributed by atoms with Crippen LogP contribution in [0.15, 0.2) is 30.3 Å². The highest BCUT2D eigenvalue weighted by molar-refractivity contribution is 5.73. The summed E-state index contributed by atoms with van der Waals surface area (Å²) in [7, 11) is 2.36. The molecule has 0 spiro atoms. The molecule has 0 amide bonds. The lowest BCUT2D eigenvalue weighted by atomic mass is 9.87. The molecule has 0 aliphatic carbocycles. The Balaban J connectivity index is 1.67. The summed E-state index contributed by atoms with van der Waals surface area (Å²) in [5.41, 5.74) is 0.856. The number of benzene rings is 1. The van der Waals surface area contributed by atoms with Crippen molar-refractivity contribution in [2.75, 3.05) is 13.7 Å². The van der Waals surface area contributed by atoms with Crippen molar-refractivity contribution in [2.24, 2.45) is 5.92 Å². The smallest absolute Gasteiger partial charge is 0.310 e. The van der Waals surface area contributed by atoms with Crippen LogP contribution in [0.4, 0.5) is 0 Å². The van der Waals surface area contributed by atoms with Gasteiger partial charge in [0.1, 0.15) is 6.10 Å². The average molecular weight is 332 g/mol. The zero-order valence-electron chi connectivity index (χ0n) is 15.0. The molecule has 0 aromatic heterocycles. The third-order valence-electron chi connectivity index (χ3n) is 6.56. The lowest BCUT2D eigenvalue weighted by Crippen LogP contribution is -2.61. The van der Waals surface area contributed by atoms with Gasteiger partial charge in [-0.3, -0.25) is 4.79 Å². The quantitative estimate of drug-likeness (QED) is 0.666. The second-order valence-corrected chi connectivity index (χ2v) is 7.89. The number of carbonyl (C=O) groups excluding carboxylic acids is 1. The van der Waals surface area contributed by atoms with Crippen LogP contribution in [0.25, 0.3) is 0 Å². The summed E-state index contributed by atoms with van der Waals surface area (Å²) >= 11 is 0. The van der Waals surface area contributed by atoms with Crippen molar-refractivity contribution in [1.29, 1.82) is 0 Å². The van der Waals surface area contributed by atoms with Crippen LogP contribution in [-0.2, 0) is 9.53 Å². The maximum absolute atomic E-state index is 12.7. The SMILES string of the molecule is CC(C)[N+]1(C)[C@@H]2CC[C@H]1CC(C(=O)OC(CO)c1ccccc1)C2. The van der Waals surface area contributed by atoms with Crippen LogP contribution in [0.2, 0.25) is 0 Å². The molecule has 2 fully saturated rings. The van der Waals surface area contributed by atoms with E-state index in [-0.39, 0.29) is 18.5 Å². The minimum atomic E-state index is -0.552. The van der Waals surface area contributed by atoms with Crippen molar-refractivity contribution < 1.29 is 19.1 Å². The Labute approximate surface area is 145 Å². The van der Waals surface area contributed by atoms with Gasteiger partial charge in [0, 0.05) is 25.7 Å². The van der Waals surface area contributed by atoms with Gasteiger partial charge in [-0.15, -0.1) is 0 Å². The van der Waals surface area contributed by atoms with E-state index >= 15 is 0 Å². The molecule has 0 saturated carbocycles. The molecule has 1 aromatic rings. The number of piperidine rings is 1. The van der Waals surface area contributed by atoms with Gasteiger partial charge in [0.05, 0.1) is 37.7 Å². The molecule has 1 N–H and O–H groups in total. The maximum atomic E-state index is 12.7. The third-order valence-corrected chi connectivity index (χ3v) is 6.56. The van der Waals surface area contributed by atoms with Crippen LogP contribution in [-0.4, -0.2) is 47.3 Å². The Bertz CT molecular complexity index is 558. The van der Waals surface area contributed by atoms with Crippen LogP contribution in [0.3, 0.4) is 0 Å². The van der Waals surface area contributed by atoms with Crippen LogP contribution in [0.5, 0.6) is 0 Å². The number of carbonyl (C=O) groups is 1. The molecule has 1 aromatic carbocycles. The summed E-state index contributed by atoms with van der Waals surface area (Å²) < 4.78 is 6.79. The standard InChI is InChI=1S/C20H30NO3/c1-14(2)21(3)17-9-10-18(21)12-16(11-17)20(23)24-19(13-22)15-7-5-4-6-8-15/h4-8,14,16-19,22H,9-13H2,1-3H3/q+1/t16?,17-,18+,19?,21?. The van der Waals surface area contributed by atoms with Gasteiger partial charge in [0.2, 0.25) is 0 Å². The summed E-state index contributed by atoms with van der Waals surface area (Å²) in [6, 6.07) is 11.2. The lowest BCUT2D eigenvalue weighted by Gasteiger charge is -2.49. The molecule has 2 saturated heterocycles. The molecule has 2 aliphatic heterocycles. The van der Waals surface area contributed by atoms with Crippen molar-refractivity contribution in [3.05, 3.63) is 35.9 Å². The third kappa shape index (κ3) is 2.98. The van der Waals surface area contributed by atoms with Crippen molar-refractivity contribution >= 4 is 5.97 Å². The normalized spacial score (nSPS) is 33.5. The number of nitrogens with zero attached hydrogens (tertiary/aromatic N) is 1. The van der Waals surface area contributed by atoms with Gasteiger partial charge in [-0.05, 0) is 19.4 Å². The van der Waals surface area contributed by atoms with Gasteiger partial charge in [-0.2, -0.15) is 0 Å². The molecule has 5 atom stereocenters. The van der Waals surface area contributed by atoms with Crippen LogP contribution in [0.1, 0.15) is 51.2 Å². The average Bonchev–Trinajstić information content (AvgIpc) is 2.77. The van der Waals surface area contributed by atoms with E-state index in [1.54, 1.807) is 0 Å². The zero-order chi connectivity index (χ0) is 17.3. The number of hydrogen-bond acceptors (Lipinski definition) is 3. The number of quaternary nitrogens is 1. The Kier molecular flexibility index (Phi) is 4.97. The van der Waals surface area contributed by atoms with Crippen LogP contribution in [0, 0.1) is 5.92 Å². The Morgan fingerprint density at radius 1 is 1.21 bits per heavy atom. The minimum absolute atomic E-state index is 0.0230. The van der Waals surface area contributed by atoms with Gasteiger partial charge in [-0.25, -0.2) is 0 Å². The van der Waals surface area contributed by atoms with E-state index in [1.807, 2.05) is 30.3 Å². The number of rotatable bonds is 5. The number of aliphatic hydroxyl groups excluding tert-OH is 1. The van der Waals surface area contributed by atoms with Gasteiger partial charge in [-0.1, -0.05) is 30.3 Å². The number of aliphatic hydroxyl groups is 1. The Morgan fingerprint density at radius 3 is 2.29 bits per heavy atom. The fraction of sp³-hybridized carbons (Fsp3) is 0.650. The summed E-state index contributed by atoms with van der Waals surface area (Å²) in [5.74, 6) is -0.157. The molecule has 2 bridgehead atoms. The first-order valence-electron chi connectivity index (χ1n) is 9.18. The number of ether oxygens (including phenoxy) is 1. The van der Waals surface area contributed by atoms with E-state index < -0.39 is 6.10 Å².